The van der Waals surface area contributed by atoms with E-state index in [1.165, 1.54) is 0 Å². The number of aromatic nitrogens is 2. The number of anilines is 2. The molecule has 3 rings (SSSR count). The molecule has 0 radical (unpaired) electrons. The molecular formula is C17H21N5O3. The lowest BCUT2D eigenvalue weighted by atomic mass is 10.0. The van der Waals surface area contributed by atoms with E-state index in [1.54, 1.807) is 18.9 Å². The number of rotatable bonds is 4. The molecule has 4 N–H and O–H groups in total. The van der Waals surface area contributed by atoms with Gasteiger partial charge in [-0.3, -0.25) is 14.6 Å². The Labute approximate surface area is 145 Å². The molecule has 1 amide bonds. The topological polar surface area (TPSA) is 113 Å². The summed E-state index contributed by atoms with van der Waals surface area (Å²) in [5.41, 5.74) is 8.06. The van der Waals surface area contributed by atoms with Crippen LogP contribution in [0.4, 0.5) is 11.6 Å². The average Bonchev–Trinajstić information content (AvgIpc) is 2.58. The van der Waals surface area contributed by atoms with Crippen molar-refractivity contribution in [3.8, 4) is 5.75 Å². The number of carbonyl (C=O) groups is 1. The highest BCUT2D eigenvalue weighted by atomic mass is 16.5. The van der Waals surface area contributed by atoms with E-state index in [4.69, 9.17) is 10.5 Å². The molecule has 0 spiro atoms. The molecule has 0 saturated carbocycles. The SMILES string of the molecule is COc1cc(N2CCNCC2=O)ccc1Cc1c(C)nc(N)[nH]c1=O. The maximum absolute atomic E-state index is 12.1. The van der Waals surface area contributed by atoms with E-state index in [-0.39, 0.29) is 17.4 Å². The van der Waals surface area contributed by atoms with Crippen molar-refractivity contribution in [3.63, 3.8) is 0 Å². The minimum Gasteiger partial charge on any atom is -0.496 e. The summed E-state index contributed by atoms with van der Waals surface area (Å²) in [6.07, 6.45) is 0.368. The fourth-order valence-electron chi connectivity index (χ4n) is 2.96. The number of hydrogen-bond acceptors (Lipinski definition) is 6. The highest BCUT2D eigenvalue weighted by molar-refractivity contribution is 5.95. The number of carbonyl (C=O) groups excluding carboxylic acids is 1. The van der Waals surface area contributed by atoms with Crippen molar-refractivity contribution < 1.29 is 9.53 Å². The predicted octanol–water partition coefficient (Wildman–Crippen LogP) is 0.196. The van der Waals surface area contributed by atoms with Crippen LogP contribution in [0.2, 0.25) is 0 Å². The largest absolute Gasteiger partial charge is 0.496 e. The van der Waals surface area contributed by atoms with Gasteiger partial charge in [-0.25, -0.2) is 4.98 Å². The summed E-state index contributed by atoms with van der Waals surface area (Å²) < 4.78 is 5.48. The molecule has 1 aromatic carbocycles. The maximum atomic E-state index is 12.1. The smallest absolute Gasteiger partial charge is 0.256 e. The van der Waals surface area contributed by atoms with E-state index >= 15 is 0 Å². The van der Waals surface area contributed by atoms with Crippen molar-refractivity contribution >= 4 is 17.5 Å². The molecule has 0 atom stereocenters. The van der Waals surface area contributed by atoms with E-state index in [2.05, 4.69) is 15.3 Å². The van der Waals surface area contributed by atoms with Crippen molar-refractivity contribution in [2.75, 3.05) is 37.4 Å². The molecule has 25 heavy (non-hydrogen) atoms. The van der Waals surface area contributed by atoms with E-state index in [0.717, 1.165) is 17.8 Å². The molecule has 132 valence electrons. The molecule has 1 fully saturated rings. The van der Waals surface area contributed by atoms with Gasteiger partial charge in [0.05, 0.1) is 19.3 Å². The van der Waals surface area contributed by atoms with Gasteiger partial charge >= 0.3 is 0 Å². The van der Waals surface area contributed by atoms with Crippen LogP contribution >= 0.6 is 0 Å². The predicted molar refractivity (Wildman–Crippen MR) is 95.0 cm³/mol. The number of H-pyrrole nitrogens is 1. The number of piperazine rings is 1. The standard InChI is InChI=1S/C17H21N5O3/c1-10-13(16(24)21-17(18)20-10)7-11-3-4-12(8-14(11)25-2)22-6-5-19-9-15(22)23/h3-4,8,19H,5-7,9H2,1-2H3,(H3,18,20,21,24). The van der Waals surface area contributed by atoms with Gasteiger partial charge in [0.2, 0.25) is 11.9 Å². The molecule has 0 aliphatic carbocycles. The van der Waals surface area contributed by atoms with Crippen LogP contribution in [0.5, 0.6) is 5.75 Å². The normalized spacial score (nSPS) is 14.6. The van der Waals surface area contributed by atoms with Crippen LogP contribution in [0.1, 0.15) is 16.8 Å². The minimum atomic E-state index is -0.256. The van der Waals surface area contributed by atoms with Crippen LogP contribution in [-0.2, 0) is 11.2 Å². The van der Waals surface area contributed by atoms with Crippen LogP contribution in [0, 0.1) is 6.92 Å². The van der Waals surface area contributed by atoms with Gasteiger partial charge in [0, 0.05) is 36.8 Å². The number of methoxy groups -OCH3 is 1. The Hall–Kier alpha value is -2.87. The molecule has 1 aliphatic rings. The number of aryl methyl sites for hydroxylation is 1. The average molecular weight is 343 g/mol. The number of nitrogens with one attached hydrogen (secondary N) is 2. The van der Waals surface area contributed by atoms with E-state index in [9.17, 15) is 9.59 Å². The molecule has 2 heterocycles. The lowest BCUT2D eigenvalue weighted by Crippen LogP contribution is -2.48. The summed E-state index contributed by atoms with van der Waals surface area (Å²) in [6, 6.07) is 5.57. The molecule has 1 aromatic heterocycles. The van der Waals surface area contributed by atoms with Gasteiger partial charge in [-0.1, -0.05) is 6.07 Å². The monoisotopic (exact) mass is 343 g/mol. The highest BCUT2D eigenvalue weighted by Crippen LogP contribution is 2.28. The number of ether oxygens (including phenoxy) is 1. The number of amides is 1. The fourth-order valence-corrected chi connectivity index (χ4v) is 2.96. The van der Waals surface area contributed by atoms with Crippen LogP contribution in [0.3, 0.4) is 0 Å². The Kier molecular flexibility index (Phi) is 4.71. The summed E-state index contributed by atoms with van der Waals surface area (Å²) in [5.74, 6) is 0.751. The van der Waals surface area contributed by atoms with Gasteiger partial charge in [-0.15, -0.1) is 0 Å². The first-order valence-electron chi connectivity index (χ1n) is 8.03. The number of aromatic amines is 1. The van der Waals surface area contributed by atoms with Gasteiger partial charge in [0.15, 0.2) is 0 Å². The van der Waals surface area contributed by atoms with Gasteiger partial charge in [-0.05, 0) is 18.6 Å². The Balaban J connectivity index is 1.93. The van der Waals surface area contributed by atoms with Crippen molar-refractivity contribution in [3.05, 3.63) is 45.4 Å². The van der Waals surface area contributed by atoms with Crippen molar-refractivity contribution in [1.29, 1.82) is 0 Å². The molecule has 1 aliphatic heterocycles. The molecule has 8 nitrogen and oxygen atoms in total. The van der Waals surface area contributed by atoms with Crippen molar-refractivity contribution in [2.45, 2.75) is 13.3 Å². The third-order valence-electron chi connectivity index (χ3n) is 4.28. The van der Waals surface area contributed by atoms with Gasteiger partial charge < -0.3 is 20.7 Å². The second-order valence-electron chi connectivity index (χ2n) is 5.91. The number of nitrogen functional groups attached to an aromatic ring is 1. The number of nitrogens with two attached hydrogens (primary N) is 1. The molecule has 0 bridgehead atoms. The van der Waals surface area contributed by atoms with Crippen molar-refractivity contribution in [2.24, 2.45) is 0 Å². The third kappa shape index (κ3) is 3.48. The summed E-state index contributed by atoms with van der Waals surface area (Å²) in [5, 5.41) is 3.05. The number of benzene rings is 1. The zero-order chi connectivity index (χ0) is 18.0. The first kappa shape index (κ1) is 17.0. The molecular weight excluding hydrogens is 322 g/mol. The number of hydrogen-bond donors (Lipinski definition) is 3. The Morgan fingerprint density at radius 1 is 1.36 bits per heavy atom. The molecule has 1 saturated heterocycles. The Bertz CT molecular complexity index is 862. The summed E-state index contributed by atoms with van der Waals surface area (Å²) >= 11 is 0. The van der Waals surface area contributed by atoms with Crippen LogP contribution in [-0.4, -0.2) is 42.6 Å². The quantitative estimate of drug-likeness (QED) is 0.731. The van der Waals surface area contributed by atoms with Crippen LogP contribution in [0.25, 0.3) is 0 Å². The number of nitrogens with zero attached hydrogens (tertiary/aromatic N) is 2. The van der Waals surface area contributed by atoms with E-state index < -0.39 is 0 Å². The summed E-state index contributed by atoms with van der Waals surface area (Å²) in [4.78, 5) is 32.5. The lowest BCUT2D eigenvalue weighted by molar-refractivity contribution is -0.118. The second-order valence-corrected chi connectivity index (χ2v) is 5.91. The first-order chi connectivity index (χ1) is 12.0. The zero-order valence-electron chi connectivity index (χ0n) is 14.3. The van der Waals surface area contributed by atoms with Gasteiger partial charge in [0.25, 0.3) is 5.56 Å². The van der Waals surface area contributed by atoms with Gasteiger partial charge in [-0.2, -0.15) is 0 Å². The second kappa shape index (κ2) is 6.94. The Morgan fingerprint density at radius 3 is 2.84 bits per heavy atom. The fraction of sp³-hybridized carbons (Fsp3) is 0.353. The van der Waals surface area contributed by atoms with E-state index in [1.807, 2.05) is 18.2 Å². The van der Waals surface area contributed by atoms with E-state index in [0.29, 0.717) is 36.5 Å². The zero-order valence-corrected chi connectivity index (χ0v) is 14.3. The first-order valence-corrected chi connectivity index (χ1v) is 8.03. The maximum Gasteiger partial charge on any atom is 0.256 e. The third-order valence-corrected chi connectivity index (χ3v) is 4.28. The molecule has 8 heteroatoms. The van der Waals surface area contributed by atoms with Crippen LogP contribution < -0.4 is 26.2 Å². The summed E-state index contributed by atoms with van der Waals surface area (Å²) in [7, 11) is 1.57. The molecule has 0 unspecified atom stereocenters. The molecule has 2 aromatic rings. The highest BCUT2D eigenvalue weighted by Gasteiger charge is 2.20. The van der Waals surface area contributed by atoms with Crippen LogP contribution in [0.15, 0.2) is 23.0 Å². The van der Waals surface area contributed by atoms with Gasteiger partial charge in [0.1, 0.15) is 5.75 Å². The Morgan fingerprint density at radius 2 is 2.16 bits per heavy atom. The summed E-state index contributed by atoms with van der Waals surface area (Å²) in [6.45, 7) is 3.44. The van der Waals surface area contributed by atoms with Crippen molar-refractivity contribution in [1.82, 2.24) is 15.3 Å². The minimum absolute atomic E-state index is 0.0241. The lowest BCUT2D eigenvalue weighted by Gasteiger charge is -2.28.